The molecule has 0 aliphatic heterocycles. The molecule has 1 aromatic heterocycles. The van der Waals surface area contributed by atoms with Gasteiger partial charge in [-0.3, -0.25) is 4.79 Å². The van der Waals surface area contributed by atoms with Crippen molar-refractivity contribution in [3.8, 4) is 0 Å². The number of amides is 2. The third-order valence-electron chi connectivity index (χ3n) is 2.55. The lowest BCUT2D eigenvalue weighted by Crippen LogP contribution is -2.50. The van der Waals surface area contributed by atoms with E-state index in [4.69, 9.17) is 5.11 Å². The van der Waals surface area contributed by atoms with Crippen LogP contribution in [0.15, 0.2) is 11.6 Å². The van der Waals surface area contributed by atoms with Crippen molar-refractivity contribution in [1.82, 2.24) is 15.6 Å². The highest BCUT2D eigenvalue weighted by atomic mass is 32.1. The average molecular weight is 301 g/mol. The van der Waals surface area contributed by atoms with Crippen LogP contribution in [0.5, 0.6) is 0 Å². The summed E-state index contributed by atoms with van der Waals surface area (Å²) in [5.74, 6) is -1.12. The van der Waals surface area contributed by atoms with E-state index in [1.165, 1.54) is 18.3 Å². The molecule has 1 rings (SSSR count). The van der Waals surface area contributed by atoms with E-state index >= 15 is 0 Å². The number of aliphatic carboxylic acids is 1. The molecule has 0 aliphatic rings. The predicted molar refractivity (Wildman–Crippen MR) is 74.6 cm³/mol. The highest BCUT2D eigenvalue weighted by Crippen LogP contribution is 2.21. The van der Waals surface area contributed by atoms with Crippen molar-refractivity contribution in [2.75, 3.05) is 6.54 Å². The molecule has 0 bridgehead atoms. The van der Waals surface area contributed by atoms with Crippen LogP contribution in [0.1, 0.15) is 32.2 Å². The number of carbonyl (C=O) groups is 2. The molecule has 7 nitrogen and oxygen atoms in total. The zero-order chi connectivity index (χ0) is 15.4. The van der Waals surface area contributed by atoms with Crippen molar-refractivity contribution < 1.29 is 19.8 Å². The summed E-state index contributed by atoms with van der Waals surface area (Å²) in [6, 6.07) is -0.490. The van der Waals surface area contributed by atoms with Gasteiger partial charge in [0, 0.05) is 18.1 Å². The maximum absolute atomic E-state index is 11.8. The Morgan fingerprint density at radius 3 is 2.55 bits per heavy atom. The number of carboxylic acid groups (broad SMARTS) is 1. The molecule has 20 heavy (non-hydrogen) atoms. The summed E-state index contributed by atoms with van der Waals surface area (Å²) in [7, 11) is 0. The van der Waals surface area contributed by atoms with Crippen molar-refractivity contribution in [3.05, 3.63) is 16.6 Å². The number of nitrogens with one attached hydrogen (secondary N) is 2. The molecule has 8 heteroatoms. The van der Waals surface area contributed by atoms with Crippen molar-refractivity contribution in [2.45, 2.75) is 38.3 Å². The molecule has 112 valence electrons. The Morgan fingerprint density at radius 2 is 2.05 bits per heavy atom. The fourth-order valence-electron chi connectivity index (χ4n) is 1.57. The van der Waals surface area contributed by atoms with Gasteiger partial charge in [-0.1, -0.05) is 0 Å². The molecule has 0 saturated carbocycles. The molecule has 2 amide bonds. The normalized spacial score (nSPS) is 14.4. The number of nitrogens with zero attached hydrogens (tertiary/aromatic N) is 1. The molecule has 1 atom stereocenters. The molecule has 1 heterocycles. The summed E-state index contributed by atoms with van der Waals surface area (Å²) < 4.78 is 0. The zero-order valence-corrected chi connectivity index (χ0v) is 12.5. The fraction of sp³-hybridized carbons (Fsp3) is 0.583. The molecule has 4 N–H and O–H groups in total. The quantitative estimate of drug-likeness (QED) is 0.624. The van der Waals surface area contributed by atoms with Gasteiger partial charge in [-0.15, -0.1) is 11.3 Å². The van der Waals surface area contributed by atoms with E-state index in [-0.39, 0.29) is 6.54 Å². The molecule has 1 aromatic rings. The van der Waals surface area contributed by atoms with Gasteiger partial charge < -0.3 is 20.8 Å². The number of rotatable bonds is 6. The molecule has 0 aliphatic carbocycles. The number of thiazole rings is 1. The molecule has 1 unspecified atom stereocenters. The average Bonchev–Trinajstić information content (AvgIpc) is 2.78. The first-order valence-corrected chi connectivity index (χ1v) is 6.90. The van der Waals surface area contributed by atoms with Crippen LogP contribution >= 0.6 is 11.3 Å². The summed E-state index contributed by atoms with van der Waals surface area (Å²) in [6.07, 6.45) is 1.21. The van der Waals surface area contributed by atoms with Gasteiger partial charge in [-0.25, -0.2) is 9.78 Å². The molecule has 0 radical (unpaired) electrons. The summed E-state index contributed by atoms with van der Waals surface area (Å²) in [4.78, 5) is 26.5. The highest BCUT2D eigenvalue weighted by Gasteiger charge is 2.28. The van der Waals surface area contributed by atoms with E-state index in [2.05, 4.69) is 15.6 Å². The number of hydrogen-bond donors (Lipinski definition) is 4. The van der Waals surface area contributed by atoms with E-state index in [0.29, 0.717) is 0 Å². The van der Waals surface area contributed by atoms with Gasteiger partial charge in [-0.05, 0) is 20.8 Å². The van der Waals surface area contributed by atoms with Crippen molar-refractivity contribution in [3.63, 3.8) is 0 Å². The standard InChI is InChI=1S/C12H19N3O4S/c1-11(2,9-13-4-5-20-9)15-10(18)14-7-12(3,19)6-8(16)17/h4-5,19H,6-7H2,1-3H3,(H,16,17)(H2,14,15,18). The zero-order valence-electron chi connectivity index (χ0n) is 11.6. The monoisotopic (exact) mass is 301 g/mol. The van der Waals surface area contributed by atoms with E-state index in [1.54, 1.807) is 20.0 Å². The highest BCUT2D eigenvalue weighted by molar-refractivity contribution is 7.09. The van der Waals surface area contributed by atoms with Crippen LogP contribution in [0.2, 0.25) is 0 Å². The van der Waals surface area contributed by atoms with Crippen molar-refractivity contribution in [1.29, 1.82) is 0 Å². The number of carboxylic acids is 1. The lowest BCUT2D eigenvalue weighted by molar-refractivity contribution is -0.141. The number of aromatic nitrogens is 1. The summed E-state index contributed by atoms with van der Waals surface area (Å²) in [6.45, 7) is 4.81. The van der Waals surface area contributed by atoms with Gasteiger partial charge in [0.1, 0.15) is 5.01 Å². The first kappa shape index (κ1) is 16.4. The largest absolute Gasteiger partial charge is 0.481 e. The SMILES string of the molecule is CC(O)(CNC(=O)NC(C)(C)c1nccs1)CC(=O)O. The Balaban J connectivity index is 2.50. The second kappa shape index (κ2) is 6.19. The fourth-order valence-corrected chi connectivity index (χ4v) is 2.29. The van der Waals surface area contributed by atoms with Gasteiger partial charge in [0.25, 0.3) is 0 Å². The van der Waals surface area contributed by atoms with Crippen LogP contribution in [0.3, 0.4) is 0 Å². The minimum atomic E-state index is -1.49. The van der Waals surface area contributed by atoms with E-state index in [9.17, 15) is 14.7 Å². The van der Waals surface area contributed by atoms with Crippen LogP contribution < -0.4 is 10.6 Å². The number of aliphatic hydroxyl groups is 1. The van der Waals surface area contributed by atoms with Crippen LogP contribution in [-0.4, -0.2) is 39.3 Å². The van der Waals surface area contributed by atoms with Crippen LogP contribution in [0, 0.1) is 0 Å². The van der Waals surface area contributed by atoms with E-state index in [0.717, 1.165) is 5.01 Å². The smallest absolute Gasteiger partial charge is 0.315 e. The lowest BCUT2D eigenvalue weighted by atomic mass is 10.0. The second-order valence-electron chi connectivity index (χ2n) is 5.34. The third-order valence-corrected chi connectivity index (χ3v) is 3.65. The van der Waals surface area contributed by atoms with Crippen LogP contribution in [0.25, 0.3) is 0 Å². The molecule has 0 saturated heterocycles. The molecular formula is C12H19N3O4S. The Morgan fingerprint density at radius 1 is 1.40 bits per heavy atom. The predicted octanol–water partition coefficient (Wildman–Crippen LogP) is 0.903. The first-order chi connectivity index (χ1) is 9.12. The molecule has 0 aromatic carbocycles. The number of carbonyl (C=O) groups excluding carboxylic acids is 1. The Labute approximate surface area is 121 Å². The Bertz CT molecular complexity index is 471. The molecular weight excluding hydrogens is 282 g/mol. The molecule has 0 fully saturated rings. The maximum atomic E-state index is 11.8. The summed E-state index contributed by atoms with van der Waals surface area (Å²) >= 11 is 1.42. The lowest BCUT2D eigenvalue weighted by Gasteiger charge is -2.26. The van der Waals surface area contributed by atoms with Gasteiger partial charge in [0.15, 0.2) is 0 Å². The topological polar surface area (TPSA) is 112 Å². The number of urea groups is 1. The Hall–Kier alpha value is -1.67. The third kappa shape index (κ3) is 5.14. The van der Waals surface area contributed by atoms with Gasteiger partial charge in [0.05, 0.1) is 17.6 Å². The van der Waals surface area contributed by atoms with Gasteiger partial charge in [0.2, 0.25) is 0 Å². The second-order valence-corrected chi connectivity index (χ2v) is 6.23. The minimum Gasteiger partial charge on any atom is -0.481 e. The van der Waals surface area contributed by atoms with Crippen molar-refractivity contribution in [2.24, 2.45) is 0 Å². The van der Waals surface area contributed by atoms with Crippen molar-refractivity contribution >= 4 is 23.3 Å². The first-order valence-electron chi connectivity index (χ1n) is 6.02. The van der Waals surface area contributed by atoms with Gasteiger partial charge >= 0.3 is 12.0 Å². The van der Waals surface area contributed by atoms with Gasteiger partial charge in [-0.2, -0.15) is 0 Å². The van der Waals surface area contributed by atoms with Crippen LogP contribution in [-0.2, 0) is 10.3 Å². The Kier molecular flexibility index (Phi) is 5.07. The van der Waals surface area contributed by atoms with E-state index < -0.39 is 29.6 Å². The minimum absolute atomic E-state index is 0.154. The number of hydrogen-bond acceptors (Lipinski definition) is 5. The summed E-state index contributed by atoms with van der Waals surface area (Å²) in [5.41, 5.74) is -2.13. The summed E-state index contributed by atoms with van der Waals surface area (Å²) in [5, 5.41) is 26.2. The molecule has 0 spiro atoms. The van der Waals surface area contributed by atoms with E-state index in [1.807, 2.05) is 5.38 Å². The maximum Gasteiger partial charge on any atom is 0.315 e. The van der Waals surface area contributed by atoms with Crippen LogP contribution in [0.4, 0.5) is 4.79 Å².